The van der Waals surface area contributed by atoms with Crippen LogP contribution in [-0.2, 0) is 0 Å². The predicted octanol–water partition coefficient (Wildman–Crippen LogP) is 4.08. The fourth-order valence-corrected chi connectivity index (χ4v) is 4.45. The summed E-state index contributed by atoms with van der Waals surface area (Å²) in [6.07, 6.45) is 0.735. The van der Waals surface area contributed by atoms with Crippen LogP contribution in [0.2, 0.25) is 10.0 Å². The molecule has 5 nitrogen and oxygen atoms in total. The van der Waals surface area contributed by atoms with Gasteiger partial charge in [-0.25, -0.2) is 0 Å². The Hall–Kier alpha value is -1.50. The molecule has 0 saturated carbocycles. The van der Waals surface area contributed by atoms with Crippen molar-refractivity contribution in [2.75, 3.05) is 19.6 Å². The lowest BCUT2D eigenvalue weighted by Gasteiger charge is -2.46. The van der Waals surface area contributed by atoms with E-state index in [-0.39, 0.29) is 5.75 Å². The van der Waals surface area contributed by atoms with E-state index in [1.807, 2.05) is 0 Å². The highest BCUT2D eigenvalue weighted by Gasteiger charge is 2.43. The van der Waals surface area contributed by atoms with E-state index in [1.165, 1.54) is 0 Å². The van der Waals surface area contributed by atoms with Crippen molar-refractivity contribution < 1.29 is 20.1 Å². The fraction of sp³-hybridized carbons (Fsp3) is 0.429. The van der Waals surface area contributed by atoms with E-state index in [4.69, 9.17) is 27.9 Å². The van der Waals surface area contributed by atoms with Crippen molar-refractivity contribution in [3.05, 3.63) is 57.6 Å². The van der Waals surface area contributed by atoms with Crippen molar-refractivity contribution in [3.63, 3.8) is 0 Å². The number of aromatic hydroxyl groups is 1. The summed E-state index contributed by atoms with van der Waals surface area (Å²) in [5.74, 6) is 0.768. The van der Waals surface area contributed by atoms with E-state index in [0.29, 0.717) is 34.3 Å². The van der Waals surface area contributed by atoms with Gasteiger partial charge in [0.25, 0.3) is 0 Å². The molecule has 2 aromatic rings. The molecule has 0 aromatic heterocycles. The van der Waals surface area contributed by atoms with Gasteiger partial charge in [0.15, 0.2) is 0 Å². The average Bonchev–Trinajstić information content (AvgIpc) is 2.67. The van der Waals surface area contributed by atoms with Crippen LogP contribution in [-0.4, -0.2) is 45.5 Å². The van der Waals surface area contributed by atoms with Crippen LogP contribution in [0.25, 0.3) is 0 Å². The third-order valence-electron chi connectivity index (χ3n) is 5.77. The van der Waals surface area contributed by atoms with E-state index >= 15 is 0 Å². The number of fused-ring (bicyclic) bond motifs is 1. The maximum atomic E-state index is 10.5. The molecule has 7 heteroatoms. The lowest BCUT2D eigenvalue weighted by molar-refractivity contribution is -0.0588. The number of aliphatic hydroxyl groups excluding tert-OH is 2. The second-order valence-corrected chi connectivity index (χ2v) is 8.53. The summed E-state index contributed by atoms with van der Waals surface area (Å²) in [5, 5.41) is 31.6. The number of aliphatic hydroxyl groups is 2. The molecule has 3 N–H and O–H groups in total. The van der Waals surface area contributed by atoms with E-state index < -0.39 is 17.8 Å². The first-order valence-corrected chi connectivity index (χ1v) is 10.2. The van der Waals surface area contributed by atoms with Gasteiger partial charge in [0.2, 0.25) is 0 Å². The first-order valence-electron chi connectivity index (χ1n) is 9.41. The Labute approximate surface area is 174 Å². The average molecular weight is 424 g/mol. The van der Waals surface area contributed by atoms with Gasteiger partial charge in [0.1, 0.15) is 17.1 Å². The minimum Gasteiger partial charge on any atom is -0.508 e. The van der Waals surface area contributed by atoms with E-state index in [9.17, 15) is 15.3 Å². The molecule has 2 aliphatic rings. The Morgan fingerprint density at radius 2 is 1.86 bits per heavy atom. The summed E-state index contributed by atoms with van der Waals surface area (Å²) in [4.78, 5) is 2.19. The number of benzene rings is 2. The van der Waals surface area contributed by atoms with Crippen molar-refractivity contribution in [2.45, 2.75) is 37.1 Å². The van der Waals surface area contributed by atoms with Crippen molar-refractivity contribution in [3.8, 4) is 11.5 Å². The van der Waals surface area contributed by atoms with Crippen LogP contribution in [0.4, 0.5) is 0 Å². The lowest BCUT2D eigenvalue weighted by atomic mass is 9.81. The SMILES string of the molecule is Oc1ccc2c(c1)C(O)CC1(CCN(CC(O)c3ccc(Cl)c(Cl)c3)CC1)O2. The molecule has 0 amide bonds. The highest BCUT2D eigenvalue weighted by molar-refractivity contribution is 6.42. The standard InChI is InChI=1S/C21H23Cl2NO4/c22-16-3-1-13(9-17(16)23)19(27)12-24-7-5-21(6-8-24)11-18(26)15-10-14(25)2-4-20(15)28-21/h1-4,9-10,18-19,25-27H,5-8,11-12H2. The number of hydrogen-bond donors (Lipinski definition) is 3. The van der Waals surface area contributed by atoms with Gasteiger partial charge in [0, 0.05) is 31.6 Å². The molecule has 0 radical (unpaired) electrons. The molecule has 2 atom stereocenters. The summed E-state index contributed by atoms with van der Waals surface area (Å²) >= 11 is 12.0. The molecule has 2 heterocycles. The van der Waals surface area contributed by atoms with Gasteiger partial charge in [-0.3, -0.25) is 0 Å². The molecule has 2 aliphatic heterocycles. The Morgan fingerprint density at radius 3 is 2.57 bits per heavy atom. The molecular weight excluding hydrogens is 401 g/mol. The number of rotatable bonds is 3. The van der Waals surface area contributed by atoms with Gasteiger partial charge in [-0.15, -0.1) is 0 Å². The second-order valence-electron chi connectivity index (χ2n) is 7.72. The summed E-state index contributed by atoms with van der Waals surface area (Å²) in [7, 11) is 0. The highest BCUT2D eigenvalue weighted by Crippen LogP contribution is 2.45. The van der Waals surface area contributed by atoms with E-state index in [2.05, 4.69) is 4.90 Å². The number of halogens is 2. The van der Waals surface area contributed by atoms with Gasteiger partial charge in [-0.2, -0.15) is 0 Å². The third kappa shape index (κ3) is 3.95. The van der Waals surface area contributed by atoms with Crippen molar-refractivity contribution >= 4 is 23.2 Å². The first kappa shape index (κ1) is 19.8. The van der Waals surface area contributed by atoms with E-state index in [1.54, 1.807) is 36.4 Å². The third-order valence-corrected chi connectivity index (χ3v) is 6.51. The maximum absolute atomic E-state index is 10.5. The molecule has 150 valence electrons. The molecule has 2 aromatic carbocycles. The van der Waals surface area contributed by atoms with Gasteiger partial charge >= 0.3 is 0 Å². The monoisotopic (exact) mass is 423 g/mol. The van der Waals surface area contributed by atoms with E-state index in [0.717, 1.165) is 31.5 Å². The zero-order valence-electron chi connectivity index (χ0n) is 15.3. The van der Waals surface area contributed by atoms with Gasteiger partial charge < -0.3 is 25.0 Å². The molecule has 0 bridgehead atoms. The Kier molecular flexibility index (Phi) is 5.47. The number of likely N-dealkylation sites (tertiary alicyclic amines) is 1. The molecule has 4 rings (SSSR count). The fourth-order valence-electron chi connectivity index (χ4n) is 4.15. The van der Waals surface area contributed by atoms with Gasteiger partial charge in [-0.1, -0.05) is 29.3 Å². The molecule has 1 fully saturated rings. The first-order chi connectivity index (χ1) is 13.3. The van der Waals surface area contributed by atoms with Crippen molar-refractivity contribution in [1.82, 2.24) is 4.90 Å². The quantitative estimate of drug-likeness (QED) is 0.693. The Balaban J connectivity index is 1.39. The number of phenolic OH excluding ortho intramolecular Hbond substituents is 1. The van der Waals surface area contributed by atoms with Crippen LogP contribution < -0.4 is 4.74 Å². The van der Waals surface area contributed by atoms with Gasteiger partial charge in [0.05, 0.1) is 22.3 Å². The number of phenols is 1. The van der Waals surface area contributed by atoms with Crippen LogP contribution >= 0.6 is 23.2 Å². The number of hydrogen-bond acceptors (Lipinski definition) is 5. The molecule has 0 aliphatic carbocycles. The number of piperidine rings is 1. The number of β-amino-alcohol motifs (C(OH)–C–C–N with tert-alkyl or cyclic N) is 1. The highest BCUT2D eigenvalue weighted by atomic mass is 35.5. The lowest BCUT2D eigenvalue weighted by Crippen LogP contribution is -2.51. The van der Waals surface area contributed by atoms with Crippen LogP contribution in [0.15, 0.2) is 36.4 Å². The van der Waals surface area contributed by atoms with Crippen LogP contribution in [0.1, 0.15) is 42.6 Å². The minimum absolute atomic E-state index is 0.128. The molecule has 2 unspecified atom stereocenters. The minimum atomic E-state index is -0.649. The molecule has 1 saturated heterocycles. The zero-order valence-corrected chi connectivity index (χ0v) is 16.8. The van der Waals surface area contributed by atoms with Crippen molar-refractivity contribution in [1.29, 1.82) is 0 Å². The van der Waals surface area contributed by atoms with Crippen molar-refractivity contribution in [2.24, 2.45) is 0 Å². The van der Waals surface area contributed by atoms with Crippen LogP contribution in [0.5, 0.6) is 11.5 Å². The predicted molar refractivity (Wildman–Crippen MR) is 108 cm³/mol. The summed E-state index contributed by atoms with van der Waals surface area (Å²) in [6.45, 7) is 2.03. The molecule has 1 spiro atoms. The number of nitrogens with zero attached hydrogens (tertiary/aromatic N) is 1. The second kappa shape index (κ2) is 7.73. The molecule has 28 heavy (non-hydrogen) atoms. The largest absolute Gasteiger partial charge is 0.508 e. The zero-order chi connectivity index (χ0) is 19.9. The van der Waals surface area contributed by atoms with Crippen LogP contribution in [0.3, 0.4) is 0 Å². The maximum Gasteiger partial charge on any atom is 0.126 e. The van der Waals surface area contributed by atoms with Gasteiger partial charge in [-0.05, 0) is 48.7 Å². The summed E-state index contributed by atoms with van der Waals surface area (Å²) in [5.41, 5.74) is 0.977. The number of ether oxygens (including phenoxy) is 1. The Morgan fingerprint density at radius 1 is 1.11 bits per heavy atom. The Bertz CT molecular complexity index is 867. The van der Waals surface area contributed by atoms with Crippen LogP contribution in [0, 0.1) is 0 Å². The normalized spacial score (nSPS) is 22.5. The summed E-state index contributed by atoms with van der Waals surface area (Å²) < 4.78 is 6.26. The smallest absolute Gasteiger partial charge is 0.126 e. The summed E-state index contributed by atoms with van der Waals surface area (Å²) in [6, 6.07) is 10.0. The molecular formula is C21H23Cl2NO4. The topological polar surface area (TPSA) is 73.2 Å².